The molecule has 120 valence electrons. The molecule has 2 saturated carbocycles. The Kier molecular flexibility index (Phi) is 3.23. The lowest BCUT2D eigenvalue weighted by molar-refractivity contribution is -0.246. The van der Waals surface area contributed by atoms with Gasteiger partial charge in [0.05, 0.1) is 5.92 Å². The number of carboxylic acid groups (broad SMARTS) is 1. The second-order valence-corrected chi connectivity index (χ2v) is 5.84. The van der Waals surface area contributed by atoms with Crippen molar-refractivity contribution in [3.05, 3.63) is 0 Å². The third kappa shape index (κ3) is 2.67. The van der Waals surface area contributed by atoms with Gasteiger partial charge in [0.15, 0.2) is 0 Å². The van der Waals surface area contributed by atoms with E-state index in [0.29, 0.717) is 0 Å². The summed E-state index contributed by atoms with van der Waals surface area (Å²) in [7, 11) is 0. The van der Waals surface area contributed by atoms with E-state index in [2.05, 4.69) is 0 Å². The summed E-state index contributed by atoms with van der Waals surface area (Å²) in [6.07, 6.45) is -11.1. The lowest BCUT2D eigenvalue weighted by Crippen LogP contribution is -2.71. The maximum Gasteiger partial charge on any atom is 0.471 e. The molecular weight excluding hydrogens is 308 g/mol. The molecule has 4 nitrogen and oxygen atoms in total. The summed E-state index contributed by atoms with van der Waals surface area (Å²) in [5.74, 6) is -5.62. The predicted molar refractivity (Wildman–Crippen MR) is 55.0 cm³/mol. The average Bonchev–Trinajstić information content (AvgIpc) is 2.14. The summed E-state index contributed by atoms with van der Waals surface area (Å²) in [5.41, 5.74) is -3.05. The highest BCUT2D eigenvalue weighted by molar-refractivity contribution is 5.90. The lowest BCUT2D eigenvalue weighted by Gasteiger charge is -2.61. The van der Waals surface area contributed by atoms with E-state index in [9.17, 15) is 35.9 Å². The minimum absolute atomic E-state index is 0.312. The molecule has 2 fully saturated rings. The Balaban J connectivity index is 2.01. The first kappa shape index (κ1) is 15.9. The fourth-order valence-electron chi connectivity index (χ4n) is 3.32. The molecule has 0 unspecified atom stereocenters. The molecule has 21 heavy (non-hydrogen) atoms. The smallest absolute Gasteiger partial charge is 0.471 e. The largest absolute Gasteiger partial charge is 0.480 e. The first-order valence-electron chi connectivity index (χ1n) is 5.99. The topological polar surface area (TPSA) is 66.4 Å². The Bertz CT molecular complexity index is 469. The highest BCUT2D eigenvalue weighted by atomic mass is 19.4. The summed E-state index contributed by atoms with van der Waals surface area (Å²) in [4.78, 5) is 21.9. The van der Waals surface area contributed by atoms with Gasteiger partial charge in [0.2, 0.25) is 0 Å². The summed E-state index contributed by atoms with van der Waals surface area (Å²) < 4.78 is 73.6. The van der Waals surface area contributed by atoms with Crippen LogP contribution < -0.4 is 5.32 Å². The van der Waals surface area contributed by atoms with E-state index in [0.717, 1.165) is 0 Å². The van der Waals surface area contributed by atoms with Crippen molar-refractivity contribution in [1.82, 2.24) is 5.32 Å². The molecule has 10 heteroatoms. The van der Waals surface area contributed by atoms with Crippen molar-refractivity contribution in [2.75, 3.05) is 0 Å². The molecule has 0 aliphatic heterocycles. The number of halogens is 6. The van der Waals surface area contributed by atoms with Gasteiger partial charge in [0.1, 0.15) is 5.54 Å². The van der Waals surface area contributed by atoms with Crippen LogP contribution in [0.5, 0.6) is 0 Å². The van der Waals surface area contributed by atoms with Gasteiger partial charge in [-0.3, -0.25) is 4.79 Å². The normalized spacial score (nSPS) is 35.8. The zero-order chi connectivity index (χ0) is 16.3. The van der Waals surface area contributed by atoms with Gasteiger partial charge in [0.25, 0.3) is 0 Å². The van der Waals surface area contributed by atoms with Crippen LogP contribution in [-0.4, -0.2) is 34.9 Å². The van der Waals surface area contributed by atoms with Crippen LogP contribution in [0.25, 0.3) is 0 Å². The molecule has 0 heterocycles. The summed E-state index contributed by atoms with van der Waals surface area (Å²) >= 11 is 0. The van der Waals surface area contributed by atoms with E-state index in [1.54, 1.807) is 0 Å². The summed E-state index contributed by atoms with van der Waals surface area (Å²) in [6.45, 7) is 0. The second kappa shape index (κ2) is 4.26. The molecule has 0 aromatic carbocycles. The second-order valence-electron chi connectivity index (χ2n) is 5.84. The van der Waals surface area contributed by atoms with Gasteiger partial charge in [-0.25, -0.2) is 4.79 Å². The number of carboxylic acids is 1. The fraction of sp³-hybridized carbons (Fsp3) is 0.818. The maximum absolute atomic E-state index is 12.4. The van der Waals surface area contributed by atoms with E-state index >= 15 is 0 Å². The Morgan fingerprint density at radius 3 is 1.86 bits per heavy atom. The Hall–Kier alpha value is -1.48. The van der Waals surface area contributed by atoms with E-state index in [4.69, 9.17) is 5.11 Å². The fourth-order valence-corrected chi connectivity index (χ4v) is 3.32. The van der Waals surface area contributed by atoms with Gasteiger partial charge < -0.3 is 10.4 Å². The quantitative estimate of drug-likeness (QED) is 0.767. The van der Waals surface area contributed by atoms with Crippen LogP contribution in [0.3, 0.4) is 0 Å². The van der Waals surface area contributed by atoms with Crippen molar-refractivity contribution in [2.24, 2.45) is 11.3 Å². The Morgan fingerprint density at radius 2 is 1.52 bits per heavy atom. The molecule has 2 aliphatic rings. The molecule has 0 atom stereocenters. The number of carbonyl (C=O) groups is 2. The van der Waals surface area contributed by atoms with E-state index < -0.39 is 53.9 Å². The molecular formula is C11H11F6NO3. The third-order valence-corrected chi connectivity index (χ3v) is 4.19. The Labute approximate surface area is 114 Å². The number of aliphatic carboxylic acids is 1. The molecule has 0 radical (unpaired) electrons. The zero-order valence-electron chi connectivity index (χ0n) is 10.4. The first-order chi connectivity index (χ1) is 9.30. The zero-order valence-corrected chi connectivity index (χ0v) is 10.4. The van der Waals surface area contributed by atoms with Crippen molar-refractivity contribution in [1.29, 1.82) is 0 Å². The number of amides is 1. The molecule has 0 saturated heterocycles. The van der Waals surface area contributed by atoms with E-state index in [1.807, 2.05) is 0 Å². The monoisotopic (exact) mass is 319 g/mol. The number of carbonyl (C=O) groups excluding carboxylic acids is 1. The molecule has 2 rings (SSSR count). The predicted octanol–water partition coefficient (Wildman–Crippen LogP) is 2.24. The Morgan fingerprint density at radius 1 is 1.05 bits per heavy atom. The average molecular weight is 319 g/mol. The van der Waals surface area contributed by atoms with Gasteiger partial charge in [-0.05, 0) is 31.1 Å². The molecule has 2 N–H and O–H groups in total. The lowest BCUT2D eigenvalue weighted by atomic mass is 9.45. The SMILES string of the molecule is O=C(NC1(C(=O)O)CC2(CC(C(F)(F)F)C2)C1)C(F)(F)F. The number of hydrogen-bond donors (Lipinski definition) is 2. The maximum atomic E-state index is 12.4. The van der Waals surface area contributed by atoms with Crippen LogP contribution in [0.15, 0.2) is 0 Å². The van der Waals surface area contributed by atoms with Gasteiger partial charge >= 0.3 is 24.2 Å². The van der Waals surface area contributed by atoms with Crippen LogP contribution in [0.1, 0.15) is 25.7 Å². The first-order valence-corrected chi connectivity index (χ1v) is 5.99. The highest BCUT2D eigenvalue weighted by Gasteiger charge is 2.68. The summed E-state index contributed by atoms with van der Waals surface area (Å²) in [5, 5.41) is 10.4. The van der Waals surface area contributed by atoms with E-state index in [1.165, 1.54) is 5.32 Å². The minimum atomic E-state index is -5.24. The van der Waals surface area contributed by atoms with Crippen LogP contribution in [-0.2, 0) is 9.59 Å². The highest BCUT2D eigenvalue weighted by Crippen LogP contribution is 2.65. The van der Waals surface area contributed by atoms with Crippen molar-refractivity contribution in [2.45, 2.75) is 43.6 Å². The van der Waals surface area contributed by atoms with Crippen molar-refractivity contribution < 1.29 is 41.0 Å². The van der Waals surface area contributed by atoms with Gasteiger partial charge in [-0.1, -0.05) is 0 Å². The van der Waals surface area contributed by atoms with Gasteiger partial charge in [0, 0.05) is 0 Å². The molecule has 0 aromatic rings. The van der Waals surface area contributed by atoms with Crippen LogP contribution in [0.4, 0.5) is 26.3 Å². The molecule has 1 spiro atoms. The number of rotatable bonds is 2. The molecule has 0 bridgehead atoms. The van der Waals surface area contributed by atoms with E-state index in [-0.39, 0.29) is 12.8 Å². The van der Waals surface area contributed by atoms with Crippen LogP contribution >= 0.6 is 0 Å². The molecule has 0 aromatic heterocycles. The standard InChI is InChI=1S/C11H11F6NO3/c12-10(13,14)5-1-8(2-5)3-9(4-8,7(20)21)18-6(19)11(15,16)17/h5H,1-4H2,(H,18,19)(H,20,21). The number of nitrogens with one attached hydrogen (secondary N) is 1. The van der Waals surface area contributed by atoms with Crippen LogP contribution in [0.2, 0.25) is 0 Å². The minimum Gasteiger partial charge on any atom is -0.480 e. The molecule has 2 aliphatic carbocycles. The summed E-state index contributed by atoms with van der Waals surface area (Å²) in [6, 6.07) is 0. The van der Waals surface area contributed by atoms with Crippen LogP contribution in [0, 0.1) is 11.3 Å². The van der Waals surface area contributed by atoms with Crippen molar-refractivity contribution in [3.63, 3.8) is 0 Å². The van der Waals surface area contributed by atoms with Crippen molar-refractivity contribution >= 4 is 11.9 Å². The van der Waals surface area contributed by atoms with Gasteiger partial charge in [-0.15, -0.1) is 0 Å². The molecule has 1 amide bonds. The number of hydrogen-bond acceptors (Lipinski definition) is 2. The third-order valence-electron chi connectivity index (χ3n) is 4.19. The van der Waals surface area contributed by atoms with Gasteiger partial charge in [-0.2, -0.15) is 26.3 Å². The van der Waals surface area contributed by atoms with Crippen molar-refractivity contribution in [3.8, 4) is 0 Å². The number of alkyl halides is 6.